The number of aliphatic hydroxyl groups is 1. The average molecular weight is 200 g/mol. The molecule has 0 saturated heterocycles. The summed E-state index contributed by atoms with van der Waals surface area (Å²) < 4.78 is 5.01. The number of carbonyl (C=O) groups excluding carboxylic acids is 1. The standard InChI is InChI=1S/C11H20O3/c1-10(2,3)8(12)7-9(13)11(4,5)14-6/h7,12H,1-6H3/b8-7-. The van der Waals surface area contributed by atoms with E-state index in [0.29, 0.717) is 0 Å². The molecule has 0 aliphatic rings. The first-order chi connectivity index (χ1) is 6.11. The number of hydrogen-bond donors (Lipinski definition) is 1. The van der Waals surface area contributed by atoms with Gasteiger partial charge in [-0.3, -0.25) is 4.79 Å². The Bertz CT molecular complexity index is 244. The van der Waals surface area contributed by atoms with Crippen LogP contribution >= 0.6 is 0 Å². The van der Waals surface area contributed by atoms with Gasteiger partial charge in [0.15, 0.2) is 5.78 Å². The molecule has 0 fully saturated rings. The fraction of sp³-hybridized carbons (Fsp3) is 0.727. The van der Waals surface area contributed by atoms with Crippen LogP contribution in [0, 0.1) is 5.41 Å². The summed E-state index contributed by atoms with van der Waals surface area (Å²) in [6.45, 7) is 8.85. The van der Waals surface area contributed by atoms with Gasteiger partial charge in [0.25, 0.3) is 0 Å². The summed E-state index contributed by atoms with van der Waals surface area (Å²) in [5.74, 6) is -0.153. The smallest absolute Gasteiger partial charge is 0.190 e. The molecule has 0 aliphatic carbocycles. The highest BCUT2D eigenvalue weighted by Crippen LogP contribution is 2.23. The van der Waals surface area contributed by atoms with E-state index in [1.807, 2.05) is 20.8 Å². The van der Waals surface area contributed by atoms with Crippen molar-refractivity contribution >= 4 is 5.78 Å². The summed E-state index contributed by atoms with van der Waals surface area (Å²) in [7, 11) is 1.47. The minimum Gasteiger partial charge on any atom is -0.512 e. The maximum absolute atomic E-state index is 11.6. The zero-order valence-corrected chi connectivity index (χ0v) is 9.84. The zero-order chi connectivity index (χ0) is 11.6. The van der Waals surface area contributed by atoms with E-state index in [0.717, 1.165) is 0 Å². The molecule has 14 heavy (non-hydrogen) atoms. The Hall–Kier alpha value is -0.830. The fourth-order valence-corrected chi connectivity index (χ4v) is 0.615. The van der Waals surface area contributed by atoms with E-state index in [1.165, 1.54) is 13.2 Å². The van der Waals surface area contributed by atoms with Gasteiger partial charge in [0.05, 0.1) is 0 Å². The van der Waals surface area contributed by atoms with E-state index in [-0.39, 0.29) is 11.5 Å². The lowest BCUT2D eigenvalue weighted by atomic mass is 9.91. The average Bonchev–Trinajstić information content (AvgIpc) is 2.02. The normalized spacial score (nSPS) is 14.3. The third-order valence-corrected chi connectivity index (χ3v) is 2.14. The van der Waals surface area contributed by atoms with Crippen LogP contribution in [-0.4, -0.2) is 23.6 Å². The Morgan fingerprint density at radius 2 is 1.64 bits per heavy atom. The van der Waals surface area contributed by atoms with Crippen LogP contribution in [-0.2, 0) is 9.53 Å². The van der Waals surface area contributed by atoms with Gasteiger partial charge in [0, 0.05) is 18.6 Å². The first-order valence-corrected chi connectivity index (χ1v) is 4.62. The van der Waals surface area contributed by atoms with Crippen molar-refractivity contribution in [1.82, 2.24) is 0 Å². The molecule has 0 saturated carbocycles. The monoisotopic (exact) mass is 200 g/mol. The second-order valence-corrected chi connectivity index (χ2v) is 4.86. The quantitative estimate of drug-likeness (QED) is 0.562. The van der Waals surface area contributed by atoms with E-state index < -0.39 is 11.0 Å². The maximum Gasteiger partial charge on any atom is 0.190 e. The summed E-state index contributed by atoms with van der Waals surface area (Å²) in [4.78, 5) is 11.6. The molecule has 0 aromatic heterocycles. The molecule has 0 bridgehead atoms. The molecule has 1 N–H and O–H groups in total. The Kier molecular flexibility index (Phi) is 3.89. The summed E-state index contributed by atoms with van der Waals surface area (Å²) in [6, 6.07) is 0. The predicted molar refractivity (Wildman–Crippen MR) is 56.3 cm³/mol. The number of methoxy groups -OCH3 is 1. The van der Waals surface area contributed by atoms with Gasteiger partial charge in [0.1, 0.15) is 11.4 Å². The second-order valence-electron chi connectivity index (χ2n) is 4.86. The van der Waals surface area contributed by atoms with Crippen LogP contribution in [0.25, 0.3) is 0 Å². The van der Waals surface area contributed by atoms with Crippen LogP contribution in [0.4, 0.5) is 0 Å². The third kappa shape index (κ3) is 3.50. The highest BCUT2D eigenvalue weighted by atomic mass is 16.5. The van der Waals surface area contributed by atoms with Gasteiger partial charge >= 0.3 is 0 Å². The molecule has 0 heterocycles. The van der Waals surface area contributed by atoms with Crippen LogP contribution < -0.4 is 0 Å². The predicted octanol–water partition coefficient (Wildman–Crippen LogP) is 2.47. The van der Waals surface area contributed by atoms with Crippen LogP contribution in [0.2, 0.25) is 0 Å². The first-order valence-electron chi connectivity index (χ1n) is 4.62. The summed E-state index contributed by atoms with van der Waals surface area (Å²) in [5, 5.41) is 9.60. The summed E-state index contributed by atoms with van der Waals surface area (Å²) >= 11 is 0. The molecular weight excluding hydrogens is 180 g/mol. The van der Waals surface area contributed by atoms with Gasteiger partial charge in [-0.2, -0.15) is 0 Å². The highest BCUT2D eigenvalue weighted by Gasteiger charge is 2.27. The largest absolute Gasteiger partial charge is 0.512 e. The van der Waals surface area contributed by atoms with Crippen molar-refractivity contribution in [2.45, 2.75) is 40.2 Å². The van der Waals surface area contributed by atoms with Crippen molar-refractivity contribution in [3.8, 4) is 0 Å². The molecule has 0 radical (unpaired) electrons. The van der Waals surface area contributed by atoms with Crippen molar-refractivity contribution in [3.63, 3.8) is 0 Å². The maximum atomic E-state index is 11.6. The van der Waals surface area contributed by atoms with Gasteiger partial charge in [-0.1, -0.05) is 20.8 Å². The first kappa shape index (κ1) is 13.2. The van der Waals surface area contributed by atoms with Gasteiger partial charge < -0.3 is 9.84 Å². The van der Waals surface area contributed by atoms with E-state index in [4.69, 9.17) is 4.74 Å². The molecule has 0 aromatic rings. The Balaban J connectivity index is 4.77. The van der Waals surface area contributed by atoms with Gasteiger partial charge in [0.2, 0.25) is 0 Å². The van der Waals surface area contributed by atoms with Gasteiger partial charge in [-0.05, 0) is 13.8 Å². The highest BCUT2D eigenvalue weighted by molar-refractivity contribution is 5.96. The number of ketones is 1. The minimum atomic E-state index is -0.876. The number of carbonyl (C=O) groups is 1. The lowest BCUT2D eigenvalue weighted by molar-refractivity contribution is -0.132. The van der Waals surface area contributed by atoms with E-state index in [2.05, 4.69) is 0 Å². The molecular formula is C11H20O3. The molecule has 0 aromatic carbocycles. The van der Waals surface area contributed by atoms with Crippen molar-refractivity contribution in [3.05, 3.63) is 11.8 Å². The van der Waals surface area contributed by atoms with Crippen molar-refractivity contribution in [2.75, 3.05) is 7.11 Å². The van der Waals surface area contributed by atoms with E-state index >= 15 is 0 Å². The van der Waals surface area contributed by atoms with Crippen LogP contribution in [0.1, 0.15) is 34.6 Å². The number of ether oxygens (including phenoxy) is 1. The van der Waals surface area contributed by atoms with Gasteiger partial charge in [-0.15, -0.1) is 0 Å². The molecule has 3 nitrogen and oxygen atoms in total. The SMILES string of the molecule is COC(C)(C)C(=O)/C=C(\O)C(C)(C)C. The van der Waals surface area contributed by atoms with E-state index in [1.54, 1.807) is 13.8 Å². The lowest BCUT2D eigenvalue weighted by Gasteiger charge is -2.22. The molecule has 0 atom stereocenters. The van der Waals surface area contributed by atoms with Crippen molar-refractivity contribution in [2.24, 2.45) is 5.41 Å². The van der Waals surface area contributed by atoms with Crippen LogP contribution in [0.5, 0.6) is 0 Å². The zero-order valence-electron chi connectivity index (χ0n) is 9.84. The second kappa shape index (κ2) is 4.13. The van der Waals surface area contributed by atoms with Crippen LogP contribution in [0.15, 0.2) is 11.8 Å². The minimum absolute atomic E-state index is 0.0765. The molecule has 0 spiro atoms. The van der Waals surface area contributed by atoms with Gasteiger partial charge in [-0.25, -0.2) is 0 Å². The summed E-state index contributed by atoms with van der Waals surface area (Å²) in [6.07, 6.45) is 1.24. The Morgan fingerprint density at radius 1 is 1.21 bits per heavy atom. The third-order valence-electron chi connectivity index (χ3n) is 2.14. The molecule has 82 valence electrons. The topological polar surface area (TPSA) is 46.5 Å². The number of aliphatic hydroxyl groups excluding tert-OH is 1. The Morgan fingerprint density at radius 3 is 1.93 bits per heavy atom. The van der Waals surface area contributed by atoms with Crippen molar-refractivity contribution in [1.29, 1.82) is 0 Å². The number of rotatable bonds is 3. The molecule has 0 aliphatic heterocycles. The number of allylic oxidation sites excluding steroid dienone is 1. The van der Waals surface area contributed by atoms with Crippen molar-refractivity contribution < 1.29 is 14.6 Å². The van der Waals surface area contributed by atoms with Crippen LogP contribution in [0.3, 0.4) is 0 Å². The fourth-order valence-electron chi connectivity index (χ4n) is 0.615. The lowest BCUT2D eigenvalue weighted by Crippen LogP contribution is -2.33. The molecule has 0 amide bonds. The number of hydrogen-bond acceptors (Lipinski definition) is 3. The molecule has 0 rings (SSSR count). The molecule has 0 unspecified atom stereocenters. The Labute approximate surface area is 85.8 Å². The van der Waals surface area contributed by atoms with E-state index in [9.17, 15) is 9.90 Å². The molecule has 3 heteroatoms. The summed E-state index contributed by atoms with van der Waals surface area (Å²) in [5.41, 5.74) is -1.28.